The second kappa shape index (κ2) is 6.17. The highest BCUT2D eigenvalue weighted by molar-refractivity contribution is 5.91. The molecule has 2 rings (SSSR count). The molecule has 0 aromatic carbocycles. The van der Waals surface area contributed by atoms with E-state index in [1.165, 1.54) is 11.1 Å². The van der Waals surface area contributed by atoms with Crippen LogP contribution in [0.5, 0.6) is 0 Å². The Balaban J connectivity index is 1.90. The lowest BCUT2D eigenvalue weighted by atomic mass is 9.98. The van der Waals surface area contributed by atoms with Gasteiger partial charge in [-0.3, -0.25) is 9.78 Å². The number of hydrogen-bond donors (Lipinski definition) is 2. The number of nitrogens with one attached hydrogen (secondary N) is 1. The topological polar surface area (TPSA) is 78.4 Å². The highest BCUT2D eigenvalue weighted by atomic mass is 16.3. The third kappa shape index (κ3) is 3.66. The molecule has 0 unspecified atom stereocenters. The SMILES string of the molecule is CN(C)C(=O)c1cncc(NCCC2(O)CCCC2)n1. The van der Waals surface area contributed by atoms with E-state index in [4.69, 9.17) is 0 Å². The van der Waals surface area contributed by atoms with Crippen LogP contribution in [0.2, 0.25) is 0 Å². The number of aromatic nitrogens is 2. The molecule has 2 N–H and O–H groups in total. The molecule has 1 aliphatic carbocycles. The van der Waals surface area contributed by atoms with Crippen LogP contribution in [0.1, 0.15) is 42.6 Å². The van der Waals surface area contributed by atoms with Crippen LogP contribution < -0.4 is 5.32 Å². The Kier molecular flexibility index (Phi) is 4.54. The molecule has 0 aliphatic heterocycles. The fourth-order valence-corrected chi connectivity index (χ4v) is 2.49. The second-order valence-electron chi connectivity index (χ2n) is 5.60. The van der Waals surface area contributed by atoms with E-state index in [1.54, 1.807) is 20.3 Å². The fraction of sp³-hybridized carbons (Fsp3) is 0.643. The van der Waals surface area contributed by atoms with Crippen molar-refractivity contribution in [2.24, 2.45) is 0 Å². The molecule has 1 saturated carbocycles. The molecule has 0 bridgehead atoms. The third-order valence-corrected chi connectivity index (χ3v) is 3.69. The minimum atomic E-state index is -0.530. The molecule has 0 radical (unpaired) electrons. The maximum atomic E-state index is 11.8. The van der Waals surface area contributed by atoms with Gasteiger partial charge in [0, 0.05) is 20.6 Å². The van der Waals surface area contributed by atoms with Gasteiger partial charge in [0.1, 0.15) is 11.5 Å². The highest BCUT2D eigenvalue weighted by Gasteiger charge is 2.30. The largest absolute Gasteiger partial charge is 0.390 e. The van der Waals surface area contributed by atoms with Crippen molar-refractivity contribution < 1.29 is 9.90 Å². The van der Waals surface area contributed by atoms with Gasteiger partial charge < -0.3 is 15.3 Å². The Bertz CT molecular complexity index is 470. The van der Waals surface area contributed by atoms with Crippen LogP contribution in [0.3, 0.4) is 0 Å². The van der Waals surface area contributed by atoms with Crippen LogP contribution in [-0.2, 0) is 0 Å². The minimum absolute atomic E-state index is 0.171. The first-order chi connectivity index (χ1) is 9.50. The van der Waals surface area contributed by atoms with E-state index in [-0.39, 0.29) is 5.91 Å². The molecule has 1 fully saturated rings. The van der Waals surface area contributed by atoms with Gasteiger partial charge in [0.2, 0.25) is 0 Å². The first-order valence-electron chi connectivity index (χ1n) is 7.00. The van der Waals surface area contributed by atoms with E-state index in [0.29, 0.717) is 24.5 Å². The van der Waals surface area contributed by atoms with Gasteiger partial charge >= 0.3 is 0 Å². The lowest BCUT2D eigenvalue weighted by Gasteiger charge is -2.22. The Morgan fingerprint density at radius 1 is 1.40 bits per heavy atom. The normalized spacial score (nSPS) is 16.9. The van der Waals surface area contributed by atoms with Crippen molar-refractivity contribution in [1.29, 1.82) is 0 Å². The summed E-state index contributed by atoms with van der Waals surface area (Å²) >= 11 is 0. The summed E-state index contributed by atoms with van der Waals surface area (Å²) in [5.74, 6) is 0.398. The van der Waals surface area contributed by atoms with Gasteiger partial charge in [-0.1, -0.05) is 12.8 Å². The highest BCUT2D eigenvalue weighted by Crippen LogP contribution is 2.32. The molecule has 0 spiro atoms. The van der Waals surface area contributed by atoms with E-state index >= 15 is 0 Å². The summed E-state index contributed by atoms with van der Waals surface area (Å²) in [6.07, 6.45) is 7.69. The third-order valence-electron chi connectivity index (χ3n) is 3.69. The van der Waals surface area contributed by atoms with Crippen molar-refractivity contribution in [2.45, 2.75) is 37.7 Å². The Morgan fingerprint density at radius 3 is 2.75 bits per heavy atom. The van der Waals surface area contributed by atoms with Gasteiger partial charge in [0.15, 0.2) is 0 Å². The first kappa shape index (κ1) is 14.7. The summed E-state index contributed by atoms with van der Waals surface area (Å²) in [5.41, 5.74) is -0.211. The molecule has 110 valence electrons. The monoisotopic (exact) mass is 278 g/mol. The van der Waals surface area contributed by atoms with Crippen molar-refractivity contribution in [3.8, 4) is 0 Å². The average Bonchev–Trinajstić information content (AvgIpc) is 2.85. The maximum Gasteiger partial charge on any atom is 0.273 e. The number of carbonyl (C=O) groups excluding carboxylic acids is 1. The molecule has 0 saturated heterocycles. The maximum absolute atomic E-state index is 11.8. The summed E-state index contributed by atoms with van der Waals surface area (Å²) in [6.45, 7) is 0.630. The average molecular weight is 278 g/mol. The number of anilines is 1. The second-order valence-corrected chi connectivity index (χ2v) is 5.60. The molecule has 6 nitrogen and oxygen atoms in total. The molecular formula is C14H22N4O2. The molecule has 1 heterocycles. The van der Waals surface area contributed by atoms with Crippen molar-refractivity contribution in [3.05, 3.63) is 18.1 Å². The van der Waals surface area contributed by atoms with Crippen LogP contribution in [0.25, 0.3) is 0 Å². The van der Waals surface area contributed by atoms with E-state index in [0.717, 1.165) is 25.7 Å². The summed E-state index contributed by atoms with van der Waals surface area (Å²) in [6, 6.07) is 0. The lowest BCUT2D eigenvalue weighted by Crippen LogP contribution is -2.27. The van der Waals surface area contributed by atoms with E-state index in [1.807, 2.05) is 0 Å². The van der Waals surface area contributed by atoms with Crippen LogP contribution in [0.15, 0.2) is 12.4 Å². The predicted octanol–water partition coefficient (Wildman–Crippen LogP) is 1.29. The van der Waals surface area contributed by atoms with Gasteiger partial charge in [0.25, 0.3) is 5.91 Å². The zero-order valence-corrected chi connectivity index (χ0v) is 12.1. The van der Waals surface area contributed by atoms with Crippen LogP contribution in [-0.4, -0.2) is 52.1 Å². The standard InChI is InChI=1S/C14H22N4O2/c1-18(2)13(19)11-9-15-10-12(17-11)16-8-7-14(20)5-3-4-6-14/h9-10,20H,3-8H2,1-2H3,(H,16,17). The predicted molar refractivity (Wildman–Crippen MR) is 76.6 cm³/mol. The number of aliphatic hydroxyl groups is 1. The minimum Gasteiger partial charge on any atom is -0.390 e. The molecule has 1 aliphatic rings. The van der Waals surface area contributed by atoms with Crippen molar-refractivity contribution in [2.75, 3.05) is 26.0 Å². The zero-order valence-electron chi connectivity index (χ0n) is 12.1. The van der Waals surface area contributed by atoms with Gasteiger partial charge in [0.05, 0.1) is 18.0 Å². The Morgan fingerprint density at radius 2 is 2.10 bits per heavy atom. The van der Waals surface area contributed by atoms with Gasteiger partial charge in [-0.05, 0) is 19.3 Å². The summed E-state index contributed by atoms with van der Waals surface area (Å²) < 4.78 is 0. The molecule has 20 heavy (non-hydrogen) atoms. The van der Waals surface area contributed by atoms with Crippen LogP contribution in [0, 0.1) is 0 Å². The Hall–Kier alpha value is -1.69. The van der Waals surface area contributed by atoms with Crippen molar-refractivity contribution in [3.63, 3.8) is 0 Å². The van der Waals surface area contributed by atoms with Gasteiger partial charge in [-0.25, -0.2) is 4.98 Å². The molecule has 1 aromatic rings. The molecule has 1 aromatic heterocycles. The summed E-state index contributed by atoms with van der Waals surface area (Å²) in [7, 11) is 3.36. The van der Waals surface area contributed by atoms with E-state index in [2.05, 4.69) is 15.3 Å². The van der Waals surface area contributed by atoms with Crippen molar-refractivity contribution >= 4 is 11.7 Å². The number of nitrogens with zero attached hydrogens (tertiary/aromatic N) is 3. The molecular weight excluding hydrogens is 256 g/mol. The fourth-order valence-electron chi connectivity index (χ4n) is 2.49. The van der Waals surface area contributed by atoms with E-state index < -0.39 is 5.60 Å². The number of rotatable bonds is 5. The zero-order chi connectivity index (χ0) is 14.6. The molecule has 6 heteroatoms. The van der Waals surface area contributed by atoms with Crippen LogP contribution in [0.4, 0.5) is 5.82 Å². The van der Waals surface area contributed by atoms with Crippen molar-refractivity contribution in [1.82, 2.24) is 14.9 Å². The number of carbonyl (C=O) groups is 1. The summed E-state index contributed by atoms with van der Waals surface area (Å²) in [4.78, 5) is 21.5. The molecule has 1 amide bonds. The smallest absolute Gasteiger partial charge is 0.273 e. The lowest BCUT2D eigenvalue weighted by molar-refractivity contribution is 0.0424. The van der Waals surface area contributed by atoms with Gasteiger partial charge in [-0.15, -0.1) is 0 Å². The quantitative estimate of drug-likeness (QED) is 0.848. The summed E-state index contributed by atoms with van der Waals surface area (Å²) in [5, 5.41) is 13.4. The van der Waals surface area contributed by atoms with E-state index in [9.17, 15) is 9.90 Å². The number of amides is 1. The molecule has 0 atom stereocenters. The number of hydrogen-bond acceptors (Lipinski definition) is 5. The first-order valence-corrected chi connectivity index (χ1v) is 7.00. The Labute approximate surface area is 119 Å². The van der Waals surface area contributed by atoms with Gasteiger partial charge in [-0.2, -0.15) is 0 Å². The van der Waals surface area contributed by atoms with Crippen LogP contribution >= 0.6 is 0 Å².